The van der Waals surface area contributed by atoms with Crippen LogP contribution in [-0.2, 0) is 6.54 Å². The highest BCUT2D eigenvalue weighted by Gasteiger charge is 2.05. The number of anilines is 1. The van der Waals surface area contributed by atoms with Gasteiger partial charge in [0.15, 0.2) is 0 Å². The molecule has 20 heavy (non-hydrogen) atoms. The Bertz CT molecular complexity index is 697. The molecule has 0 aliphatic carbocycles. The number of nitrogens with zero attached hydrogens (tertiary/aromatic N) is 5. The van der Waals surface area contributed by atoms with E-state index in [-0.39, 0.29) is 5.28 Å². The Balaban J connectivity index is 1.68. The van der Waals surface area contributed by atoms with Gasteiger partial charge in [0.2, 0.25) is 5.28 Å². The third-order valence-corrected chi connectivity index (χ3v) is 3.07. The third-order valence-electron chi connectivity index (χ3n) is 2.90. The minimum Gasteiger partial charge on any atom is -0.369 e. The van der Waals surface area contributed by atoms with Gasteiger partial charge in [-0.25, -0.2) is 9.97 Å². The van der Waals surface area contributed by atoms with E-state index >= 15 is 0 Å². The molecule has 0 spiro atoms. The molecule has 0 saturated heterocycles. The van der Waals surface area contributed by atoms with Crippen molar-refractivity contribution in [2.45, 2.75) is 13.0 Å². The van der Waals surface area contributed by atoms with Gasteiger partial charge in [0.1, 0.15) is 5.82 Å². The monoisotopic (exact) mass is 288 g/mol. The zero-order chi connectivity index (χ0) is 13.8. The van der Waals surface area contributed by atoms with E-state index in [9.17, 15) is 0 Å². The molecule has 3 rings (SSSR count). The van der Waals surface area contributed by atoms with Gasteiger partial charge in [-0.1, -0.05) is 17.3 Å². The second kappa shape index (κ2) is 5.83. The van der Waals surface area contributed by atoms with Crippen molar-refractivity contribution in [1.29, 1.82) is 0 Å². The van der Waals surface area contributed by atoms with Crippen molar-refractivity contribution in [2.75, 3.05) is 11.9 Å². The first kappa shape index (κ1) is 12.8. The Morgan fingerprint density at radius 2 is 2.10 bits per heavy atom. The molecular formula is C13H13ClN6. The van der Waals surface area contributed by atoms with Crippen LogP contribution in [0.5, 0.6) is 0 Å². The number of para-hydroxylation sites is 1. The van der Waals surface area contributed by atoms with Crippen LogP contribution in [-0.4, -0.2) is 31.5 Å². The second-order valence-corrected chi connectivity index (χ2v) is 4.64. The summed E-state index contributed by atoms with van der Waals surface area (Å²) in [6.45, 7) is 1.58. The number of nitrogens with one attached hydrogen (secondary N) is 1. The molecule has 0 bridgehead atoms. The first-order chi connectivity index (χ1) is 9.83. The highest BCUT2D eigenvalue weighted by atomic mass is 35.5. The lowest BCUT2D eigenvalue weighted by Crippen LogP contribution is -2.09. The first-order valence-corrected chi connectivity index (χ1v) is 6.71. The summed E-state index contributed by atoms with van der Waals surface area (Å²) in [5, 5.41) is 12.2. The Kier molecular flexibility index (Phi) is 3.73. The summed E-state index contributed by atoms with van der Waals surface area (Å²) in [6.07, 6.45) is 4.43. The highest BCUT2D eigenvalue weighted by Crippen LogP contribution is 2.21. The van der Waals surface area contributed by atoms with Crippen LogP contribution in [0.25, 0.3) is 10.9 Å². The summed E-state index contributed by atoms with van der Waals surface area (Å²) < 4.78 is 1.80. The van der Waals surface area contributed by atoms with Crippen LogP contribution in [0.15, 0.2) is 36.7 Å². The maximum Gasteiger partial charge on any atom is 0.224 e. The second-order valence-electron chi connectivity index (χ2n) is 4.30. The molecule has 1 N–H and O–H groups in total. The minimum atomic E-state index is 0.252. The number of benzene rings is 1. The molecule has 0 amide bonds. The van der Waals surface area contributed by atoms with Gasteiger partial charge >= 0.3 is 0 Å². The lowest BCUT2D eigenvalue weighted by atomic mass is 10.2. The van der Waals surface area contributed by atoms with Crippen molar-refractivity contribution in [3.8, 4) is 0 Å². The van der Waals surface area contributed by atoms with Gasteiger partial charge in [-0.05, 0) is 30.2 Å². The van der Waals surface area contributed by atoms with Crippen molar-refractivity contribution in [1.82, 2.24) is 25.0 Å². The van der Waals surface area contributed by atoms with Crippen LogP contribution in [0.1, 0.15) is 6.42 Å². The topological polar surface area (TPSA) is 68.5 Å². The zero-order valence-electron chi connectivity index (χ0n) is 10.7. The Morgan fingerprint density at radius 1 is 1.20 bits per heavy atom. The lowest BCUT2D eigenvalue weighted by Gasteiger charge is -2.08. The smallest absolute Gasteiger partial charge is 0.224 e. The molecule has 1 aromatic carbocycles. The predicted molar refractivity (Wildman–Crippen MR) is 77.7 cm³/mol. The van der Waals surface area contributed by atoms with Crippen molar-refractivity contribution >= 4 is 28.3 Å². The summed E-state index contributed by atoms with van der Waals surface area (Å²) in [5.41, 5.74) is 0.839. The molecule has 2 heterocycles. The zero-order valence-corrected chi connectivity index (χ0v) is 11.5. The molecule has 0 unspecified atom stereocenters. The van der Waals surface area contributed by atoms with Crippen LogP contribution in [0.4, 0.5) is 5.82 Å². The number of hydrogen-bond donors (Lipinski definition) is 1. The fourth-order valence-corrected chi connectivity index (χ4v) is 2.16. The Labute approximate surface area is 120 Å². The van der Waals surface area contributed by atoms with E-state index in [0.717, 1.165) is 36.2 Å². The van der Waals surface area contributed by atoms with Crippen LogP contribution >= 0.6 is 11.6 Å². The van der Waals surface area contributed by atoms with E-state index in [1.807, 2.05) is 30.5 Å². The largest absolute Gasteiger partial charge is 0.369 e. The fourth-order valence-electron chi connectivity index (χ4n) is 1.98. The van der Waals surface area contributed by atoms with E-state index < -0.39 is 0 Å². The predicted octanol–water partition coefficient (Wildman–Crippen LogP) is 2.38. The van der Waals surface area contributed by atoms with Crippen molar-refractivity contribution < 1.29 is 0 Å². The van der Waals surface area contributed by atoms with E-state index in [0.29, 0.717) is 0 Å². The number of aromatic nitrogens is 5. The summed E-state index contributed by atoms with van der Waals surface area (Å²) >= 11 is 5.93. The van der Waals surface area contributed by atoms with Gasteiger partial charge < -0.3 is 5.32 Å². The number of hydrogen-bond acceptors (Lipinski definition) is 5. The average Bonchev–Trinajstić information content (AvgIpc) is 2.96. The van der Waals surface area contributed by atoms with E-state index in [4.69, 9.17) is 11.6 Å². The third kappa shape index (κ3) is 2.85. The van der Waals surface area contributed by atoms with E-state index in [1.165, 1.54) is 0 Å². The summed E-state index contributed by atoms with van der Waals surface area (Å²) in [7, 11) is 0. The number of fused-ring (bicyclic) bond motifs is 1. The van der Waals surface area contributed by atoms with Crippen LogP contribution in [0.3, 0.4) is 0 Å². The van der Waals surface area contributed by atoms with Crippen molar-refractivity contribution in [3.63, 3.8) is 0 Å². The Hall–Kier alpha value is -2.21. The summed E-state index contributed by atoms with van der Waals surface area (Å²) in [5.74, 6) is 0.763. The van der Waals surface area contributed by atoms with Gasteiger partial charge in [0.05, 0.1) is 11.7 Å². The standard InChI is InChI=1S/C13H13ClN6/c14-13-17-11-5-2-1-4-10(11)12(18-13)15-6-3-8-20-9-7-16-19-20/h1-2,4-5,7,9H,3,6,8H2,(H,15,17,18). The molecule has 0 atom stereocenters. The van der Waals surface area contributed by atoms with Crippen LogP contribution in [0, 0.1) is 0 Å². The van der Waals surface area contributed by atoms with Gasteiger partial charge in [-0.3, -0.25) is 4.68 Å². The highest BCUT2D eigenvalue weighted by molar-refractivity contribution is 6.28. The molecular weight excluding hydrogens is 276 g/mol. The summed E-state index contributed by atoms with van der Waals surface area (Å²) in [4.78, 5) is 8.44. The number of halogens is 1. The van der Waals surface area contributed by atoms with Gasteiger partial charge in [0.25, 0.3) is 0 Å². The molecule has 2 aromatic heterocycles. The maximum atomic E-state index is 5.93. The van der Waals surface area contributed by atoms with Crippen LogP contribution < -0.4 is 5.32 Å². The molecule has 0 saturated carbocycles. The molecule has 0 aliphatic rings. The number of aryl methyl sites for hydroxylation is 1. The molecule has 7 heteroatoms. The lowest BCUT2D eigenvalue weighted by molar-refractivity contribution is 0.569. The Morgan fingerprint density at radius 3 is 2.95 bits per heavy atom. The first-order valence-electron chi connectivity index (χ1n) is 6.33. The molecule has 3 aromatic rings. The van der Waals surface area contributed by atoms with Gasteiger partial charge in [-0.2, -0.15) is 0 Å². The normalized spacial score (nSPS) is 10.8. The van der Waals surface area contributed by atoms with Crippen LogP contribution in [0.2, 0.25) is 5.28 Å². The fraction of sp³-hybridized carbons (Fsp3) is 0.231. The number of rotatable bonds is 5. The van der Waals surface area contributed by atoms with E-state index in [1.54, 1.807) is 10.9 Å². The molecule has 0 aliphatic heterocycles. The minimum absolute atomic E-state index is 0.252. The maximum absolute atomic E-state index is 5.93. The molecule has 0 radical (unpaired) electrons. The van der Waals surface area contributed by atoms with E-state index in [2.05, 4.69) is 25.6 Å². The van der Waals surface area contributed by atoms with Crippen molar-refractivity contribution in [2.24, 2.45) is 0 Å². The molecule has 0 fully saturated rings. The van der Waals surface area contributed by atoms with Gasteiger partial charge in [-0.15, -0.1) is 5.10 Å². The molecule has 6 nitrogen and oxygen atoms in total. The quantitative estimate of drug-likeness (QED) is 0.577. The molecule has 102 valence electrons. The summed E-state index contributed by atoms with van der Waals surface area (Å²) in [6, 6.07) is 7.79. The van der Waals surface area contributed by atoms with Crippen molar-refractivity contribution in [3.05, 3.63) is 41.9 Å². The van der Waals surface area contributed by atoms with Gasteiger partial charge in [0, 0.05) is 24.7 Å². The SMILES string of the molecule is Clc1nc(NCCCn2ccnn2)c2ccccc2n1. The average molecular weight is 289 g/mol.